The standard InChI is InChI=1S/C24BF20.C19H14NOS/c26-5-1(6(27)14(35)21(42)13(5)34)25(2-7(28)15(36)22(43)16(37)8(2)29,3-9(30)17(38)23(44)18(39)10(3)31)4-11(32)19(40)24(45)20(41)12(4)33;21-18(12-20-13-22-19-8-4-3-7-17(19)20)16-10-9-14-5-1-2-6-15(14)11-16/h;1-11,13H,12H2/q-1;+1. The molecule has 0 amide bonds. The smallest absolute Gasteiger partial charge is 0.227 e. The fraction of sp³-hybridized carbons (Fsp3) is 0.0233. The Hall–Kier alpha value is -6.98. The van der Waals surface area contributed by atoms with Gasteiger partial charge in [0.1, 0.15) is 57.4 Å². The number of rotatable bonds is 7. The molecule has 0 saturated heterocycles. The van der Waals surface area contributed by atoms with Gasteiger partial charge in [-0.2, -0.15) is 4.57 Å². The summed E-state index contributed by atoms with van der Waals surface area (Å²) in [5.74, 6) is -71.3. The summed E-state index contributed by atoms with van der Waals surface area (Å²) in [6.45, 7) is 0.377. The van der Waals surface area contributed by atoms with Crippen LogP contribution in [0.4, 0.5) is 87.8 Å². The van der Waals surface area contributed by atoms with Gasteiger partial charge in [0, 0.05) is 11.6 Å². The van der Waals surface area contributed by atoms with Crippen molar-refractivity contribution in [2.24, 2.45) is 0 Å². The van der Waals surface area contributed by atoms with E-state index in [0.29, 0.717) is 6.54 Å². The molecule has 0 radical (unpaired) electrons. The third kappa shape index (κ3) is 7.40. The van der Waals surface area contributed by atoms with Gasteiger partial charge in [-0.25, -0.2) is 87.8 Å². The molecule has 2 nitrogen and oxygen atoms in total. The van der Waals surface area contributed by atoms with Crippen LogP contribution in [0.15, 0.2) is 72.2 Å². The summed E-state index contributed by atoms with van der Waals surface area (Å²) in [7, 11) is 0. The second kappa shape index (κ2) is 17.7. The Bertz CT molecular complexity index is 3000. The van der Waals surface area contributed by atoms with Gasteiger partial charge in [0.2, 0.25) is 23.4 Å². The Balaban J connectivity index is 0.000000250. The molecule has 0 fully saturated rings. The van der Waals surface area contributed by atoms with Crippen LogP contribution < -0.4 is 26.4 Å². The molecule has 8 aromatic rings. The van der Waals surface area contributed by atoms with Crippen molar-refractivity contribution in [1.29, 1.82) is 0 Å². The van der Waals surface area contributed by atoms with E-state index in [1.165, 1.54) is 4.70 Å². The van der Waals surface area contributed by atoms with E-state index in [1.54, 1.807) is 11.3 Å². The van der Waals surface area contributed by atoms with E-state index in [9.17, 15) is 57.5 Å². The lowest BCUT2D eigenvalue weighted by Crippen LogP contribution is -2.81. The summed E-state index contributed by atoms with van der Waals surface area (Å²) in [4.78, 5) is 12.6. The van der Waals surface area contributed by atoms with Crippen LogP contribution in [0.25, 0.3) is 21.0 Å². The Labute approximate surface area is 363 Å². The number of ketones is 1. The molecule has 1 heterocycles. The molecule has 7 aromatic carbocycles. The van der Waals surface area contributed by atoms with Crippen molar-refractivity contribution in [3.8, 4) is 0 Å². The summed E-state index contributed by atoms with van der Waals surface area (Å²) >= 11 is 1.66. The number of para-hydroxylation sites is 1. The molecular weight excluding hydrogens is 969 g/mol. The Kier molecular flexibility index (Phi) is 12.7. The Morgan fingerprint density at radius 3 is 1.07 bits per heavy atom. The number of nitrogens with zero attached hydrogens (tertiary/aromatic N) is 1. The van der Waals surface area contributed by atoms with Gasteiger partial charge in [-0.1, -0.05) is 59.9 Å². The maximum atomic E-state index is 15.4. The first-order valence-corrected chi connectivity index (χ1v) is 19.0. The fourth-order valence-electron chi connectivity index (χ4n) is 7.58. The topological polar surface area (TPSA) is 20.9 Å². The summed E-state index contributed by atoms with van der Waals surface area (Å²) < 4.78 is 297. The zero-order chi connectivity index (χ0) is 49.3. The van der Waals surface area contributed by atoms with Crippen LogP contribution in [0.3, 0.4) is 0 Å². The van der Waals surface area contributed by atoms with Crippen LogP contribution >= 0.6 is 11.3 Å². The summed E-state index contributed by atoms with van der Waals surface area (Å²) in [5.41, 5.74) is -10.4. The zero-order valence-corrected chi connectivity index (χ0v) is 32.9. The van der Waals surface area contributed by atoms with E-state index in [2.05, 4.69) is 18.2 Å². The van der Waals surface area contributed by atoms with Gasteiger partial charge in [-0.05, 0) is 22.9 Å². The van der Waals surface area contributed by atoms with Crippen molar-refractivity contribution < 1.29 is 97.2 Å². The average molecular weight is 983 g/mol. The van der Waals surface area contributed by atoms with Crippen molar-refractivity contribution in [3.63, 3.8) is 0 Å². The lowest BCUT2D eigenvalue weighted by atomic mass is 9.12. The first kappa shape index (κ1) is 48.0. The molecule has 0 N–H and O–H groups in total. The van der Waals surface area contributed by atoms with Crippen molar-refractivity contribution in [2.45, 2.75) is 6.54 Å². The first-order chi connectivity index (χ1) is 31.5. The monoisotopic (exact) mass is 983 g/mol. The summed E-state index contributed by atoms with van der Waals surface area (Å²) in [5, 5.41) is 2.27. The van der Waals surface area contributed by atoms with Crippen molar-refractivity contribution in [1.82, 2.24) is 0 Å². The number of hydrogen-bond acceptors (Lipinski definition) is 2. The highest BCUT2D eigenvalue weighted by atomic mass is 32.1. The predicted octanol–water partition coefficient (Wildman–Crippen LogP) is 10.1. The van der Waals surface area contributed by atoms with Gasteiger partial charge in [0.25, 0.3) is 0 Å². The SMILES string of the molecule is Fc1c(F)c(F)c([B-](c2c(F)c(F)c(F)c(F)c2F)(c2c(F)c(F)c(F)c(F)c2F)c2c(F)c(F)c(F)c(F)c2F)c(F)c1F.O=C(C[n+]1csc2ccccc21)c1ccc2ccccc2c1. The minimum atomic E-state index is -7.22. The van der Waals surface area contributed by atoms with Gasteiger partial charge in [0.15, 0.2) is 69.8 Å². The first-order valence-electron chi connectivity index (χ1n) is 18.1. The number of halogens is 20. The van der Waals surface area contributed by atoms with Gasteiger partial charge in [-0.3, -0.25) is 4.79 Å². The molecule has 0 unspecified atom stereocenters. The van der Waals surface area contributed by atoms with E-state index in [0.717, 1.165) is 21.9 Å². The molecule has 346 valence electrons. The molecule has 0 spiro atoms. The van der Waals surface area contributed by atoms with Crippen LogP contribution in [0.1, 0.15) is 10.4 Å². The molecule has 0 saturated carbocycles. The predicted molar refractivity (Wildman–Crippen MR) is 200 cm³/mol. The average Bonchev–Trinajstić information content (AvgIpc) is 3.73. The van der Waals surface area contributed by atoms with Gasteiger partial charge < -0.3 is 0 Å². The molecule has 0 aliphatic heterocycles. The quantitative estimate of drug-likeness (QED) is 0.0389. The molecule has 67 heavy (non-hydrogen) atoms. The van der Waals surface area contributed by atoms with E-state index in [4.69, 9.17) is 0 Å². The summed E-state index contributed by atoms with van der Waals surface area (Å²) in [6, 6.07) is 22.2. The molecule has 8 rings (SSSR count). The maximum Gasteiger partial charge on any atom is 0.227 e. The van der Waals surface area contributed by atoms with E-state index >= 15 is 35.1 Å². The zero-order valence-electron chi connectivity index (χ0n) is 32.0. The highest BCUT2D eigenvalue weighted by Gasteiger charge is 2.52. The second-order valence-electron chi connectivity index (χ2n) is 14.1. The number of hydrogen-bond donors (Lipinski definition) is 0. The number of carbonyl (C=O) groups is 1. The van der Waals surface area contributed by atoms with E-state index < -0.39 is 144 Å². The third-order valence-corrected chi connectivity index (χ3v) is 11.5. The minimum Gasteiger partial charge on any atom is -0.287 e. The van der Waals surface area contributed by atoms with Crippen LogP contribution in [0, 0.1) is 116 Å². The molecule has 0 aliphatic carbocycles. The van der Waals surface area contributed by atoms with Crippen LogP contribution in [-0.4, -0.2) is 11.9 Å². The molecule has 0 atom stereocenters. The molecule has 0 aliphatic rings. The highest BCUT2D eigenvalue weighted by Crippen LogP contribution is 2.31. The highest BCUT2D eigenvalue weighted by molar-refractivity contribution is 7.20. The molecule has 1 aromatic heterocycles. The third-order valence-electron chi connectivity index (χ3n) is 10.6. The van der Waals surface area contributed by atoms with Gasteiger partial charge in [-0.15, -0.1) is 21.9 Å². The van der Waals surface area contributed by atoms with Crippen molar-refractivity contribution >= 4 is 66.1 Å². The van der Waals surface area contributed by atoms with Crippen molar-refractivity contribution in [3.05, 3.63) is 194 Å². The van der Waals surface area contributed by atoms with Crippen molar-refractivity contribution in [2.75, 3.05) is 0 Å². The number of Topliss-reactive ketones (excluding diaryl/α,β-unsaturated/α-hetero) is 1. The lowest BCUT2D eigenvalue weighted by molar-refractivity contribution is -0.652. The van der Waals surface area contributed by atoms with Gasteiger partial charge >= 0.3 is 0 Å². The van der Waals surface area contributed by atoms with Crippen LogP contribution in [-0.2, 0) is 6.54 Å². The van der Waals surface area contributed by atoms with Crippen LogP contribution in [0.2, 0.25) is 0 Å². The number of thiazole rings is 1. The largest absolute Gasteiger partial charge is 0.287 e. The maximum absolute atomic E-state index is 15.4. The van der Waals surface area contributed by atoms with E-state index in [-0.39, 0.29) is 5.78 Å². The van der Waals surface area contributed by atoms with E-state index in [1.807, 2.05) is 58.6 Å². The fourth-order valence-corrected chi connectivity index (χ4v) is 8.47. The number of fused-ring (bicyclic) bond motifs is 2. The second-order valence-corrected chi connectivity index (χ2v) is 15.0. The number of aromatic nitrogens is 1. The lowest BCUT2D eigenvalue weighted by Gasteiger charge is -2.44. The number of carbonyl (C=O) groups excluding carboxylic acids is 1. The normalized spacial score (nSPS) is 11.7. The van der Waals surface area contributed by atoms with Crippen LogP contribution in [0.5, 0.6) is 0 Å². The molecule has 24 heteroatoms. The summed E-state index contributed by atoms with van der Waals surface area (Å²) in [6.07, 6.45) is -7.22. The molecule has 0 bridgehead atoms. The Morgan fingerprint density at radius 1 is 0.388 bits per heavy atom. The van der Waals surface area contributed by atoms with Gasteiger partial charge in [0.05, 0.1) is 0 Å². The molecular formula is C43H14BF20NOS. The number of benzene rings is 7. The Morgan fingerprint density at radius 2 is 0.701 bits per heavy atom. The minimum absolute atomic E-state index is 0.138.